The van der Waals surface area contributed by atoms with Crippen molar-refractivity contribution in [3.8, 4) is 0 Å². The Hall–Kier alpha value is -0.320. The van der Waals surface area contributed by atoms with Gasteiger partial charge in [0.05, 0.1) is 0 Å². The van der Waals surface area contributed by atoms with E-state index in [4.69, 9.17) is 22.9 Å². The van der Waals surface area contributed by atoms with Crippen LogP contribution in [0.5, 0.6) is 0 Å². The molecule has 0 aromatic rings. The predicted octanol–water partition coefficient (Wildman–Crippen LogP) is 0.164. The van der Waals surface area contributed by atoms with Gasteiger partial charge in [-0.2, -0.15) is 0 Å². The molecule has 0 atom stereocenters. The monoisotopic (exact) mass is 456 g/mol. The van der Waals surface area contributed by atoms with Crippen molar-refractivity contribution >= 4 is 0 Å². The summed E-state index contributed by atoms with van der Waals surface area (Å²) in [5, 5.41) is 0. The maximum atomic E-state index is 5.81. The first-order chi connectivity index (χ1) is 15.7. The zero-order valence-electron chi connectivity index (χ0n) is 21.1. The molecule has 8 N–H and O–H groups in total. The van der Waals surface area contributed by atoms with Crippen molar-refractivity contribution in [2.75, 3.05) is 105 Å². The lowest BCUT2D eigenvalue weighted by Crippen LogP contribution is -2.38. The Morgan fingerprint density at radius 1 is 0.344 bits per heavy atom. The second-order valence-corrected chi connectivity index (χ2v) is 9.35. The molecule has 192 valence electrons. The normalized spacial score (nSPS) is 20.6. The Balaban J connectivity index is 2.71. The van der Waals surface area contributed by atoms with Gasteiger partial charge in [-0.05, 0) is 156 Å². The minimum absolute atomic E-state index is 0.780. The molecule has 8 heteroatoms. The molecule has 0 aliphatic carbocycles. The highest BCUT2D eigenvalue weighted by Crippen LogP contribution is 2.06. The summed E-state index contributed by atoms with van der Waals surface area (Å²) in [6.07, 6.45) is 9.26. The van der Waals surface area contributed by atoms with Gasteiger partial charge < -0.3 is 42.5 Å². The summed E-state index contributed by atoms with van der Waals surface area (Å²) >= 11 is 0. The van der Waals surface area contributed by atoms with Crippen molar-refractivity contribution in [2.24, 2.45) is 22.9 Å². The maximum absolute atomic E-state index is 5.81. The van der Waals surface area contributed by atoms with E-state index in [9.17, 15) is 0 Å². The highest BCUT2D eigenvalue weighted by atomic mass is 15.2. The van der Waals surface area contributed by atoms with E-state index in [1.807, 2.05) is 0 Å². The van der Waals surface area contributed by atoms with Crippen LogP contribution in [0.15, 0.2) is 0 Å². The second-order valence-electron chi connectivity index (χ2n) is 9.35. The number of nitrogens with two attached hydrogens (primary N) is 4. The van der Waals surface area contributed by atoms with Gasteiger partial charge >= 0.3 is 0 Å². The molecule has 32 heavy (non-hydrogen) atoms. The van der Waals surface area contributed by atoms with E-state index in [0.717, 1.165) is 78.0 Å². The van der Waals surface area contributed by atoms with Crippen LogP contribution in [0.1, 0.15) is 51.4 Å². The lowest BCUT2D eigenvalue weighted by Gasteiger charge is -2.30. The van der Waals surface area contributed by atoms with Crippen LogP contribution in [0.3, 0.4) is 0 Å². The van der Waals surface area contributed by atoms with E-state index >= 15 is 0 Å². The molecule has 0 radical (unpaired) electrons. The van der Waals surface area contributed by atoms with Gasteiger partial charge in [0.1, 0.15) is 0 Å². The number of rotatable bonds is 12. The molecule has 0 saturated carbocycles. The molecule has 1 aliphatic heterocycles. The van der Waals surface area contributed by atoms with Crippen molar-refractivity contribution in [1.29, 1.82) is 0 Å². The second kappa shape index (κ2) is 21.2. The molecule has 1 fully saturated rings. The van der Waals surface area contributed by atoms with Gasteiger partial charge in [0.15, 0.2) is 0 Å². The van der Waals surface area contributed by atoms with Gasteiger partial charge in [-0.25, -0.2) is 0 Å². The largest absolute Gasteiger partial charge is 0.330 e. The minimum Gasteiger partial charge on any atom is -0.330 e. The summed E-state index contributed by atoms with van der Waals surface area (Å²) in [6, 6.07) is 0. The zero-order chi connectivity index (χ0) is 23.3. The summed E-state index contributed by atoms with van der Waals surface area (Å²) < 4.78 is 0. The summed E-state index contributed by atoms with van der Waals surface area (Å²) in [6.45, 7) is 17.0. The van der Waals surface area contributed by atoms with Gasteiger partial charge in [0, 0.05) is 0 Å². The molecule has 0 amide bonds. The molecule has 0 bridgehead atoms. The Morgan fingerprint density at radius 3 is 0.688 bits per heavy atom. The fourth-order valence-electron chi connectivity index (χ4n) is 4.67. The Kier molecular flexibility index (Phi) is 19.7. The molecule has 0 spiro atoms. The van der Waals surface area contributed by atoms with Crippen molar-refractivity contribution in [3.05, 3.63) is 0 Å². The molecular formula is C24H56N8. The van der Waals surface area contributed by atoms with Crippen LogP contribution in [0, 0.1) is 0 Å². The van der Waals surface area contributed by atoms with Gasteiger partial charge in [-0.15, -0.1) is 0 Å². The molecule has 1 aliphatic rings. The molecule has 8 nitrogen and oxygen atoms in total. The molecule has 0 aromatic carbocycles. The first-order valence-electron chi connectivity index (χ1n) is 13.4. The van der Waals surface area contributed by atoms with Crippen LogP contribution in [0.2, 0.25) is 0 Å². The Bertz CT molecular complexity index is 310. The standard InChI is InChI=1S/C24H56N8/c25-9-1-13-29-17-5-19-30(14-2-10-26)21-7-23-32(16-4-12-28)24-8-22-31(15-3-11-27)20-6-18-29/h1-28H2. The summed E-state index contributed by atoms with van der Waals surface area (Å²) in [5.41, 5.74) is 23.2. The maximum Gasteiger partial charge on any atom is -0.000653 e. The molecule has 1 heterocycles. The van der Waals surface area contributed by atoms with Crippen molar-refractivity contribution in [2.45, 2.75) is 51.4 Å². The number of hydrogen-bond acceptors (Lipinski definition) is 8. The summed E-state index contributed by atoms with van der Waals surface area (Å²) in [7, 11) is 0. The number of hydrogen-bond donors (Lipinski definition) is 4. The first kappa shape index (κ1) is 29.7. The fourth-order valence-corrected chi connectivity index (χ4v) is 4.67. The Labute approximate surface area is 199 Å². The molecule has 0 aromatic heterocycles. The average molecular weight is 457 g/mol. The van der Waals surface area contributed by atoms with E-state index in [1.165, 1.54) is 78.0 Å². The van der Waals surface area contributed by atoms with Crippen LogP contribution < -0.4 is 22.9 Å². The predicted molar refractivity (Wildman–Crippen MR) is 139 cm³/mol. The van der Waals surface area contributed by atoms with Gasteiger partial charge in [-0.3, -0.25) is 0 Å². The molecule has 0 unspecified atom stereocenters. The highest BCUT2D eigenvalue weighted by Gasteiger charge is 2.13. The van der Waals surface area contributed by atoms with E-state index in [1.54, 1.807) is 0 Å². The van der Waals surface area contributed by atoms with Crippen LogP contribution in [-0.4, -0.2) is 124 Å². The van der Waals surface area contributed by atoms with Crippen LogP contribution in [0.25, 0.3) is 0 Å². The average Bonchev–Trinajstić information content (AvgIpc) is 2.80. The van der Waals surface area contributed by atoms with Crippen LogP contribution >= 0.6 is 0 Å². The third-order valence-corrected chi connectivity index (χ3v) is 6.51. The third kappa shape index (κ3) is 15.5. The zero-order valence-corrected chi connectivity index (χ0v) is 21.1. The van der Waals surface area contributed by atoms with Crippen LogP contribution in [-0.2, 0) is 0 Å². The number of nitrogens with zero attached hydrogens (tertiary/aromatic N) is 4. The van der Waals surface area contributed by atoms with Crippen molar-refractivity contribution < 1.29 is 0 Å². The van der Waals surface area contributed by atoms with Gasteiger partial charge in [-0.1, -0.05) is 0 Å². The SMILES string of the molecule is NCCCN1CCCN(CCCN)CCCN(CCCN)CCCN(CCCN)CCC1. The third-order valence-electron chi connectivity index (χ3n) is 6.51. The molecule has 1 saturated heterocycles. The lowest BCUT2D eigenvalue weighted by molar-refractivity contribution is 0.180. The topological polar surface area (TPSA) is 117 Å². The first-order valence-corrected chi connectivity index (χ1v) is 13.4. The van der Waals surface area contributed by atoms with Crippen molar-refractivity contribution in [3.63, 3.8) is 0 Å². The summed E-state index contributed by atoms with van der Waals surface area (Å²) in [5.74, 6) is 0. The lowest BCUT2D eigenvalue weighted by atomic mass is 10.2. The van der Waals surface area contributed by atoms with E-state index in [-0.39, 0.29) is 0 Å². The van der Waals surface area contributed by atoms with Gasteiger partial charge in [0.2, 0.25) is 0 Å². The highest BCUT2D eigenvalue weighted by molar-refractivity contribution is 4.69. The Morgan fingerprint density at radius 2 is 0.531 bits per heavy atom. The van der Waals surface area contributed by atoms with E-state index in [0.29, 0.717) is 0 Å². The fraction of sp³-hybridized carbons (Fsp3) is 1.00. The van der Waals surface area contributed by atoms with Crippen LogP contribution in [0.4, 0.5) is 0 Å². The summed E-state index contributed by atoms with van der Waals surface area (Å²) in [4.78, 5) is 10.5. The smallest absolute Gasteiger partial charge is 0.000653 e. The van der Waals surface area contributed by atoms with E-state index in [2.05, 4.69) is 19.6 Å². The van der Waals surface area contributed by atoms with Crippen molar-refractivity contribution in [1.82, 2.24) is 19.6 Å². The quantitative estimate of drug-likeness (QED) is 0.328. The minimum atomic E-state index is 0.780. The van der Waals surface area contributed by atoms with Gasteiger partial charge in [0.25, 0.3) is 0 Å². The molecular weight excluding hydrogens is 400 g/mol. The van der Waals surface area contributed by atoms with E-state index < -0.39 is 0 Å². The molecule has 1 rings (SSSR count).